The highest BCUT2D eigenvalue weighted by Gasteiger charge is 2.59. The van der Waals surface area contributed by atoms with E-state index in [1.807, 2.05) is 0 Å². The van der Waals surface area contributed by atoms with Crippen molar-refractivity contribution in [2.45, 2.75) is 98.8 Å². The van der Waals surface area contributed by atoms with E-state index in [1.165, 1.54) is 51.4 Å². The van der Waals surface area contributed by atoms with E-state index >= 15 is 0 Å². The zero-order chi connectivity index (χ0) is 20.1. The topological polar surface area (TPSA) is 17.1 Å². The Hall–Kier alpha value is -0.590. The Bertz CT molecular complexity index is 618. The Balaban J connectivity index is 1.47. The molecule has 4 rings (SSSR count). The SMILES string of the molecule is CC(C)C(=O)CC[C@@H](C)[C@H]1CC[C@H]2[C@@H]3CCC4CC=CC[C@]4(C)[C@H]3CC[C@]12C. The standard InChI is InChI=1S/C27H44O/c1-18(2)25(28)14-9-19(3)22-12-13-23-21-11-10-20-8-6-7-16-26(20,4)24(21)15-17-27(22,23)5/h6-7,18-24H,8-17H2,1-5H3/t19-,20?,21+,22-,23+,24+,26+,27-/m1/s1. The number of carbonyl (C=O) groups excluding carboxylic acids is 1. The van der Waals surface area contributed by atoms with Gasteiger partial charge in [-0.25, -0.2) is 0 Å². The summed E-state index contributed by atoms with van der Waals surface area (Å²) in [5.41, 5.74) is 1.11. The highest BCUT2D eigenvalue weighted by molar-refractivity contribution is 5.80. The third-order valence-corrected chi connectivity index (χ3v) is 10.5. The van der Waals surface area contributed by atoms with Gasteiger partial charge in [-0.05, 0) is 104 Å². The molecule has 1 heteroatoms. The highest BCUT2D eigenvalue weighted by atomic mass is 16.1. The van der Waals surface area contributed by atoms with Crippen molar-refractivity contribution in [1.29, 1.82) is 0 Å². The van der Waals surface area contributed by atoms with Crippen LogP contribution in [0.5, 0.6) is 0 Å². The van der Waals surface area contributed by atoms with Gasteiger partial charge in [0.2, 0.25) is 0 Å². The maximum Gasteiger partial charge on any atom is 0.135 e. The van der Waals surface area contributed by atoms with Crippen molar-refractivity contribution in [3.8, 4) is 0 Å². The molecule has 28 heavy (non-hydrogen) atoms. The lowest BCUT2D eigenvalue weighted by Gasteiger charge is -2.60. The fourth-order valence-corrected chi connectivity index (χ4v) is 8.67. The zero-order valence-electron chi connectivity index (χ0n) is 19.2. The summed E-state index contributed by atoms with van der Waals surface area (Å²) in [6, 6.07) is 0. The minimum absolute atomic E-state index is 0.204. The van der Waals surface area contributed by atoms with Crippen LogP contribution in [0.2, 0.25) is 0 Å². The number of rotatable bonds is 5. The number of hydrogen-bond donors (Lipinski definition) is 0. The van der Waals surface area contributed by atoms with Crippen LogP contribution >= 0.6 is 0 Å². The van der Waals surface area contributed by atoms with Crippen molar-refractivity contribution >= 4 is 5.78 Å². The molecule has 4 aliphatic rings. The van der Waals surface area contributed by atoms with Crippen molar-refractivity contribution in [2.75, 3.05) is 0 Å². The number of hydrogen-bond acceptors (Lipinski definition) is 1. The molecule has 0 heterocycles. The molecule has 0 amide bonds. The van der Waals surface area contributed by atoms with Crippen LogP contribution in [0.25, 0.3) is 0 Å². The van der Waals surface area contributed by atoms with Crippen molar-refractivity contribution < 1.29 is 4.79 Å². The molecule has 3 saturated carbocycles. The van der Waals surface area contributed by atoms with E-state index in [2.05, 4.69) is 46.8 Å². The Morgan fingerprint density at radius 3 is 2.46 bits per heavy atom. The van der Waals surface area contributed by atoms with Crippen molar-refractivity contribution in [3.63, 3.8) is 0 Å². The van der Waals surface area contributed by atoms with Crippen molar-refractivity contribution in [2.24, 2.45) is 52.3 Å². The Kier molecular flexibility index (Phi) is 5.60. The fourth-order valence-electron chi connectivity index (χ4n) is 8.67. The van der Waals surface area contributed by atoms with E-state index in [9.17, 15) is 4.79 Å². The second-order valence-corrected chi connectivity index (χ2v) is 11.9. The van der Waals surface area contributed by atoms with Gasteiger partial charge in [0.1, 0.15) is 5.78 Å². The first-order valence-electron chi connectivity index (χ1n) is 12.4. The van der Waals surface area contributed by atoms with Gasteiger partial charge in [0.05, 0.1) is 0 Å². The molecular formula is C27H44O. The van der Waals surface area contributed by atoms with Gasteiger partial charge in [-0.3, -0.25) is 4.79 Å². The lowest BCUT2D eigenvalue weighted by molar-refractivity contribution is -0.122. The molecule has 1 unspecified atom stereocenters. The van der Waals surface area contributed by atoms with Gasteiger partial charge in [0, 0.05) is 12.3 Å². The van der Waals surface area contributed by atoms with E-state index in [0.29, 0.717) is 22.5 Å². The second kappa shape index (κ2) is 7.59. The number of carbonyl (C=O) groups is 1. The van der Waals surface area contributed by atoms with Crippen molar-refractivity contribution in [1.82, 2.24) is 0 Å². The minimum atomic E-state index is 0.204. The molecular weight excluding hydrogens is 340 g/mol. The first kappa shape index (κ1) is 20.7. The number of Topliss-reactive ketones (excluding diaryl/α,β-unsaturated/α-hetero) is 1. The number of fused-ring (bicyclic) bond motifs is 5. The molecule has 0 aromatic heterocycles. The van der Waals surface area contributed by atoms with Crippen LogP contribution < -0.4 is 0 Å². The summed E-state index contributed by atoms with van der Waals surface area (Å²) < 4.78 is 0. The first-order chi connectivity index (χ1) is 13.3. The first-order valence-corrected chi connectivity index (χ1v) is 12.4. The molecule has 0 saturated heterocycles. The molecule has 0 bridgehead atoms. The third kappa shape index (κ3) is 3.24. The van der Waals surface area contributed by atoms with Gasteiger partial charge in [-0.15, -0.1) is 0 Å². The summed E-state index contributed by atoms with van der Waals surface area (Å²) in [5.74, 6) is 6.05. The average molecular weight is 385 g/mol. The van der Waals surface area contributed by atoms with Crippen LogP contribution in [0.1, 0.15) is 98.8 Å². The predicted octanol–water partition coefficient (Wildman–Crippen LogP) is 7.45. The second-order valence-electron chi connectivity index (χ2n) is 11.9. The minimum Gasteiger partial charge on any atom is -0.299 e. The average Bonchev–Trinajstić information content (AvgIpc) is 3.02. The van der Waals surface area contributed by atoms with E-state index in [1.54, 1.807) is 0 Å². The van der Waals surface area contributed by atoms with Gasteiger partial charge in [0.25, 0.3) is 0 Å². The van der Waals surface area contributed by atoms with Gasteiger partial charge in [0.15, 0.2) is 0 Å². The summed E-state index contributed by atoms with van der Waals surface area (Å²) in [7, 11) is 0. The Morgan fingerprint density at radius 2 is 1.71 bits per heavy atom. The lowest BCUT2D eigenvalue weighted by Crippen LogP contribution is -2.52. The largest absolute Gasteiger partial charge is 0.299 e. The zero-order valence-corrected chi connectivity index (χ0v) is 19.2. The normalized spacial score (nSPS) is 46.0. The van der Waals surface area contributed by atoms with Crippen LogP contribution in [0.4, 0.5) is 0 Å². The molecule has 158 valence electrons. The third-order valence-electron chi connectivity index (χ3n) is 10.5. The number of ketones is 1. The Labute approximate surface area is 174 Å². The van der Waals surface area contributed by atoms with Crippen LogP contribution in [0.3, 0.4) is 0 Å². The van der Waals surface area contributed by atoms with E-state index in [4.69, 9.17) is 0 Å². The summed E-state index contributed by atoms with van der Waals surface area (Å²) in [6.07, 6.45) is 18.3. The molecule has 1 nitrogen and oxygen atoms in total. The quantitative estimate of drug-likeness (QED) is 0.450. The molecule has 0 radical (unpaired) electrons. The molecule has 0 aliphatic heterocycles. The molecule has 0 spiro atoms. The van der Waals surface area contributed by atoms with E-state index in [-0.39, 0.29) is 5.92 Å². The van der Waals surface area contributed by atoms with Crippen LogP contribution in [0, 0.1) is 52.3 Å². The molecule has 3 fully saturated rings. The Morgan fingerprint density at radius 1 is 0.964 bits per heavy atom. The molecule has 0 aromatic rings. The van der Waals surface area contributed by atoms with Crippen LogP contribution in [0.15, 0.2) is 12.2 Å². The maximum absolute atomic E-state index is 12.2. The molecule has 4 aliphatic carbocycles. The molecule has 0 N–H and O–H groups in total. The lowest BCUT2D eigenvalue weighted by atomic mass is 9.45. The molecule has 0 aromatic carbocycles. The van der Waals surface area contributed by atoms with Crippen molar-refractivity contribution in [3.05, 3.63) is 12.2 Å². The van der Waals surface area contributed by atoms with Crippen LogP contribution in [-0.4, -0.2) is 5.78 Å². The predicted molar refractivity (Wildman–Crippen MR) is 118 cm³/mol. The van der Waals surface area contributed by atoms with E-state index in [0.717, 1.165) is 42.4 Å². The summed E-state index contributed by atoms with van der Waals surface area (Å²) in [4.78, 5) is 12.2. The summed E-state index contributed by atoms with van der Waals surface area (Å²) >= 11 is 0. The van der Waals surface area contributed by atoms with Gasteiger partial charge in [-0.2, -0.15) is 0 Å². The van der Waals surface area contributed by atoms with Gasteiger partial charge >= 0.3 is 0 Å². The smallest absolute Gasteiger partial charge is 0.135 e. The fraction of sp³-hybridized carbons (Fsp3) is 0.889. The maximum atomic E-state index is 12.2. The summed E-state index contributed by atoms with van der Waals surface area (Å²) in [6.45, 7) is 11.9. The summed E-state index contributed by atoms with van der Waals surface area (Å²) in [5, 5.41) is 0. The molecule has 8 atom stereocenters. The monoisotopic (exact) mass is 384 g/mol. The van der Waals surface area contributed by atoms with Gasteiger partial charge in [-0.1, -0.05) is 46.8 Å². The van der Waals surface area contributed by atoms with E-state index < -0.39 is 0 Å². The van der Waals surface area contributed by atoms with Crippen LogP contribution in [-0.2, 0) is 4.79 Å². The van der Waals surface area contributed by atoms with Gasteiger partial charge < -0.3 is 0 Å². The highest BCUT2D eigenvalue weighted by Crippen LogP contribution is 2.67. The number of allylic oxidation sites excluding steroid dienone is 2.